The Kier molecular flexibility index (Phi) is 5.66. The minimum atomic E-state index is -1.49. The predicted molar refractivity (Wildman–Crippen MR) is 83.5 cm³/mol. The quantitative estimate of drug-likeness (QED) is 0.454. The van der Waals surface area contributed by atoms with Gasteiger partial charge >= 0.3 is 0 Å². The first-order valence-electron chi connectivity index (χ1n) is 7.79. The number of hydrogen-bond acceptors (Lipinski definition) is 1. The van der Waals surface area contributed by atoms with E-state index in [2.05, 4.69) is 47.6 Å². The van der Waals surface area contributed by atoms with Gasteiger partial charge in [0.05, 0.1) is 5.60 Å². The SMILES string of the molecule is CC[Si](CC)(CC)OC1(C(C)C)CC=C(C)CC1. The van der Waals surface area contributed by atoms with Crippen LogP contribution in [0.15, 0.2) is 11.6 Å². The number of allylic oxidation sites excluding steroid dienone is 1. The van der Waals surface area contributed by atoms with Crippen LogP contribution in [-0.4, -0.2) is 13.9 Å². The summed E-state index contributed by atoms with van der Waals surface area (Å²) in [4.78, 5) is 0. The first kappa shape index (κ1) is 16.0. The lowest BCUT2D eigenvalue weighted by Gasteiger charge is -2.47. The average Bonchev–Trinajstić information content (AvgIpc) is 2.39. The molecular formula is C16H32OSi. The van der Waals surface area contributed by atoms with Crippen LogP contribution in [-0.2, 0) is 4.43 Å². The van der Waals surface area contributed by atoms with Gasteiger partial charge in [0.15, 0.2) is 8.32 Å². The van der Waals surface area contributed by atoms with Crippen molar-refractivity contribution in [2.45, 2.75) is 84.5 Å². The molecule has 1 atom stereocenters. The Balaban J connectivity index is 2.93. The van der Waals surface area contributed by atoms with Gasteiger partial charge in [-0.25, -0.2) is 0 Å². The molecule has 0 saturated heterocycles. The summed E-state index contributed by atoms with van der Waals surface area (Å²) in [5, 5.41) is 0. The summed E-state index contributed by atoms with van der Waals surface area (Å²) in [5.41, 5.74) is 1.68. The fourth-order valence-electron chi connectivity index (χ4n) is 3.09. The molecule has 2 heteroatoms. The van der Waals surface area contributed by atoms with E-state index in [1.54, 1.807) is 5.57 Å². The Morgan fingerprint density at radius 2 is 1.78 bits per heavy atom. The molecule has 0 radical (unpaired) electrons. The fourth-order valence-corrected chi connectivity index (χ4v) is 6.31. The fraction of sp³-hybridized carbons (Fsp3) is 0.875. The predicted octanol–water partition coefficient (Wildman–Crippen LogP) is 5.53. The highest BCUT2D eigenvalue weighted by atomic mass is 28.4. The van der Waals surface area contributed by atoms with Crippen molar-refractivity contribution in [3.05, 3.63) is 11.6 Å². The lowest BCUT2D eigenvalue weighted by Crippen LogP contribution is -2.50. The molecule has 106 valence electrons. The zero-order chi connectivity index (χ0) is 13.8. The van der Waals surface area contributed by atoms with Crippen LogP contribution in [0.4, 0.5) is 0 Å². The number of hydrogen-bond donors (Lipinski definition) is 0. The van der Waals surface area contributed by atoms with E-state index >= 15 is 0 Å². The van der Waals surface area contributed by atoms with Crippen LogP contribution in [0.3, 0.4) is 0 Å². The molecule has 18 heavy (non-hydrogen) atoms. The lowest BCUT2D eigenvalue weighted by atomic mass is 9.78. The van der Waals surface area contributed by atoms with E-state index in [4.69, 9.17) is 4.43 Å². The van der Waals surface area contributed by atoms with Crippen molar-refractivity contribution in [1.29, 1.82) is 0 Å². The van der Waals surface area contributed by atoms with Crippen molar-refractivity contribution < 1.29 is 4.43 Å². The highest BCUT2D eigenvalue weighted by molar-refractivity contribution is 6.73. The monoisotopic (exact) mass is 268 g/mol. The zero-order valence-electron chi connectivity index (χ0n) is 13.3. The first-order valence-corrected chi connectivity index (χ1v) is 10.3. The molecule has 1 aliphatic rings. The molecule has 0 spiro atoms. The van der Waals surface area contributed by atoms with Crippen LogP contribution < -0.4 is 0 Å². The molecule has 0 aromatic rings. The molecular weight excluding hydrogens is 236 g/mol. The van der Waals surface area contributed by atoms with Crippen molar-refractivity contribution >= 4 is 8.32 Å². The van der Waals surface area contributed by atoms with Crippen molar-refractivity contribution in [3.63, 3.8) is 0 Å². The van der Waals surface area contributed by atoms with Gasteiger partial charge in [-0.3, -0.25) is 0 Å². The molecule has 0 saturated carbocycles. The van der Waals surface area contributed by atoms with Gasteiger partial charge in [-0.15, -0.1) is 0 Å². The second-order valence-corrected chi connectivity index (χ2v) is 11.0. The molecule has 0 N–H and O–H groups in total. The van der Waals surface area contributed by atoms with Gasteiger partial charge in [0.2, 0.25) is 0 Å². The molecule has 1 aliphatic carbocycles. The summed E-state index contributed by atoms with van der Waals surface area (Å²) >= 11 is 0. The second-order valence-electron chi connectivity index (χ2n) is 6.32. The maximum atomic E-state index is 6.92. The van der Waals surface area contributed by atoms with E-state index < -0.39 is 8.32 Å². The maximum Gasteiger partial charge on any atom is 0.192 e. The average molecular weight is 269 g/mol. The van der Waals surface area contributed by atoms with Crippen molar-refractivity contribution in [2.24, 2.45) is 5.92 Å². The molecule has 0 amide bonds. The zero-order valence-corrected chi connectivity index (χ0v) is 14.3. The maximum absolute atomic E-state index is 6.92. The standard InChI is InChI=1S/C16H32OSi/c1-7-18(8-2,9-3)17-16(14(4)5)12-10-15(6)11-13-16/h10,14H,7-9,11-13H2,1-6H3. The van der Waals surface area contributed by atoms with E-state index in [0.717, 1.165) is 6.42 Å². The van der Waals surface area contributed by atoms with Gasteiger partial charge in [-0.05, 0) is 50.2 Å². The smallest absolute Gasteiger partial charge is 0.192 e. The van der Waals surface area contributed by atoms with Gasteiger partial charge in [-0.1, -0.05) is 46.3 Å². The van der Waals surface area contributed by atoms with E-state index in [0.29, 0.717) is 5.92 Å². The van der Waals surface area contributed by atoms with Gasteiger partial charge < -0.3 is 4.43 Å². The van der Waals surface area contributed by atoms with Gasteiger partial charge in [0.1, 0.15) is 0 Å². The van der Waals surface area contributed by atoms with Crippen LogP contribution in [0.25, 0.3) is 0 Å². The Morgan fingerprint density at radius 3 is 2.11 bits per heavy atom. The van der Waals surface area contributed by atoms with Gasteiger partial charge in [-0.2, -0.15) is 0 Å². The third-order valence-corrected chi connectivity index (χ3v) is 9.85. The molecule has 1 unspecified atom stereocenters. The molecule has 0 aliphatic heterocycles. The summed E-state index contributed by atoms with van der Waals surface area (Å²) in [7, 11) is -1.49. The Bertz CT molecular complexity index is 283. The molecule has 0 aromatic carbocycles. The van der Waals surface area contributed by atoms with Crippen LogP contribution in [0.1, 0.15) is 60.8 Å². The summed E-state index contributed by atoms with van der Waals surface area (Å²) in [6, 6.07) is 3.78. The number of rotatable bonds is 6. The van der Waals surface area contributed by atoms with Crippen LogP contribution in [0.5, 0.6) is 0 Å². The van der Waals surface area contributed by atoms with Crippen LogP contribution in [0.2, 0.25) is 18.1 Å². The molecule has 0 bridgehead atoms. The van der Waals surface area contributed by atoms with Crippen molar-refractivity contribution in [2.75, 3.05) is 0 Å². The second kappa shape index (κ2) is 6.38. The molecule has 0 heterocycles. The van der Waals surface area contributed by atoms with Crippen molar-refractivity contribution in [1.82, 2.24) is 0 Å². The Labute approximate surface area is 115 Å². The largest absolute Gasteiger partial charge is 0.411 e. The topological polar surface area (TPSA) is 9.23 Å². The summed E-state index contributed by atoms with van der Waals surface area (Å²) in [6.07, 6.45) is 6.00. The van der Waals surface area contributed by atoms with Crippen LogP contribution >= 0.6 is 0 Å². The van der Waals surface area contributed by atoms with E-state index in [-0.39, 0.29) is 5.60 Å². The third-order valence-electron chi connectivity index (χ3n) is 5.14. The van der Waals surface area contributed by atoms with E-state index in [1.807, 2.05) is 0 Å². The summed E-state index contributed by atoms with van der Waals surface area (Å²) < 4.78 is 6.92. The summed E-state index contributed by atoms with van der Waals surface area (Å²) in [5.74, 6) is 0.623. The Hall–Kier alpha value is -0.0831. The van der Waals surface area contributed by atoms with Crippen molar-refractivity contribution in [3.8, 4) is 0 Å². The summed E-state index contributed by atoms with van der Waals surface area (Å²) in [6.45, 7) is 13.9. The highest BCUT2D eigenvalue weighted by Crippen LogP contribution is 2.41. The highest BCUT2D eigenvalue weighted by Gasteiger charge is 2.43. The van der Waals surface area contributed by atoms with Gasteiger partial charge in [0, 0.05) is 0 Å². The minimum absolute atomic E-state index is 0.133. The lowest BCUT2D eigenvalue weighted by molar-refractivity contribution is 0.000824. The minimum Gasteiger partial charge on any atom is -0.411 e. The molecule has 1 rings (SSSR count). The van der Waals surface area contributed by atoms with E-state index in [9.17, 15) is 0 Å². The van der Waals surface area contributed by atoms with E-state index in [1.165, 1.54) is 31.0 Å². The molecule has 0 fully saturated rings. The Morgan fingerprint density at radius 1 is 1.22 bits per heavy atom. The van der Waals surface area contributed by atoms with Crippen LogP contribution in [0, 0.1) is 5.92 Å². The molecule has 1 nitrogen and oxygen atoms in total. The van der Waals surface area contributed by atoms with Gasteiger partial charge in [0.25, 0.3) is 0 Å². The molecule has 0 aromatic heterocycles. The normalized spacial score (nSPS) is 25.4. The third kappa shape index (κ3) is 3.27. The first-order chi connectivity index (χ1) is 8.43.